The van der Waals surface area contributed by atoms with E-state index in [1.54, 1.807) is 6.20 Å². The summed E-state index contributed by atoms with van der Waals surface area (Å²) in [6.07, 6.45) is 5.70. The van der Waals surface area contributed by atoms with Gasteiger partial charge in [0.25, 0.3) is 5.91 Å². The van der Waals surface area contributed by atoms with Crippen LogP contribution in [0.25, 0.3) is 0 Å². The molecule has 2 aromatic carbocycles. The highest BCUT2D eigenvalue weighted by Crippen LogP contribution is 2.38. The van der Waals surface area contributed by atoms with Crippen LogP contribution in [0.15, 0.2) is 66.9 Å². The highest BCUT2D eigenvalue weighted by Gasteiger charge is 2.30. The molecule has 2 aliphatic heterocycles. The van der Waals surface area contributed by atoms with Gasteiger partial charge in [0, 0.05) is 25.7 Å². The molecule has 3 heterocycles. The lowest BCUT2D eigenvalue weighted by Gasteiger charge is -2.37. The molecular formula is C30H33F2N3O. The summed E-state index contributed by atoms with van der Waals surface area (Å²) in [5, 5.41) is 0. The average Bonchev–Trinajstić information content (AvgIpc) is 3.02. The first-order valence-electron chi connectivity index (χ1n) is 12.9. The molecule has 1 fully saturated rings. The Hall–Kier alpha value is -3.12. The van der Waals surface area contributed by atoms with Crippen LogP contribution in [-0.4, -0.2) is 53.9 Å². The number of nitrogens with zero attached hydrogens (tertiary/aromatic N) is 3. The van der Waals surface area contributed by atoms with E-state index in [-0.39, 0.29) is 23.5 Å². The van der Waals surface area contributed by atoms with E-state index in [9.17, 15) is 13.6 Å². The number of pyridine rings is 1. The fourth-order valence-electron chi connectivity index (χ4n) is 5.95. The fraction of sp³-hybridized carbons (Fsp3) is 0.400. The van der Waals surface area contributed by atoms with Gasteiger partial charge in [-0.3, -0.25) is 9.78 Å². The van der Waals surface area contributed by atoms with Gasteiger partial charge in [-0.1, -0.05) is 24.3 Å². The van der Waals surface area contributed by atoms with Crippen molar-refractivity contribution in [1.29, 1.82) is 0 Å². The lowest BCUT2D eigenvalue weighted by molar-refractivity contribution is 0.0775. The number of amides is 1. The smallest absolute Gasteiger partial charge is 0.255 e. The van der Waals surface area contributed by atoms with Crippen LogP contribution in [0.1, 0.15) is 52.4 Å². The van der Waals surface area contributed by atoms with Crippen molar-refractivity contribution in [2.75, 3.05) is 33.2 Å². The monoisotopic (exact) mass is 489 g/mol. The topological polar surface area (TPSA) is 36.4 Å². The van der Waals surface area contributed by atoms with Crippen LogP contribution in [0.4, 0.5) is 8.78 Å². The number of fused-ring (bicyclic) bond motifs is 1. The van der Waals surface area contributed by atoms with Gasteiger partial charge in [-0.25, -0.2) is 8.78 Å². The van der Waals surface area contributed by atoms with E-state index in [1.165, 1.54) is 24.3 Å². The van der Waals surface area contributed by atoms with Gasteiger partial charge in [0.15, 0.2) is 0 Å². The van der Waals surface area contributed by atoms with Crippen molar-refractivity contribution in [3.05, 3.63) is 101 Å². The quantitative estimate of drug-likeness (QED) is 0.456. The summed E-state index contributed by atoms with van der Waals surface area (Å²) in [5.74, 6) is 0.505. The van der Waals surface area contributed by atoms with Crippen molar-refractivity contribution >= 4 is 5.91 Å². The SMILES string of the molecule is CN1CC(CCN2CCC(C(c3ccc(F)cc3)c3ccc(F)cc3)CC2)Cc2ncccc2C1=O. The minimum atomic E-state index is -0.241. The molecule has 0 spiro atoms. The third-order valence-corrected chi connectivity index (χ3v) is 7.90. The highest BCUT2D eigenvalue weighted by atomic mass is 19.1. The minimum Gasteiger partial charge on any atom is -0.341 e. The van der Waals surface area contributed by atoms with Crippen molar-refractivity contribution in [1.82, 2.24) is 14.8 Å². The maximum absolute atomic E-state index is 13.6. The molecule has 2 aliphatic rings. The zero-order valence-corrected chi connectivity index (χ0v) is 20.7. The van der Waals surface area contributed by atoms with Crippen LogP contribution in [0.2, 0.25) is 0 Å². The number of piperidine rings is 1. The first kappa shape index (κ1) is 24.6. The van der Waals surface area contributed by atoms with Crippen molar-refractivity contribution in [3.63, 3.8) is 0 Å². The molecule has 0 aliphatic carbocycles. The Morgan fingerprint density at radius 2 is 1.56 bits per heavy atom. The maximum atomic E-state index is 13.6. The van der Waals surface area contributed by atoms with E-state index >= 15 is 0 Å². The van der Waals surface area contributed by atoms with Crippen LogP contribution in [-0.2, 0) is 6.42 Å². The molecule has 6 heteroatoms. The summed E-state index contributed by atoms with van der Waals surface area (Å²) < 4.78 is 27.2. The second-order valence-electron chi connectivity index (χ2n) is 10.3. The highest BCUT2D eigenvalue weighted by molar-refractivity contribution is 5.95. The number of carbonyl (C=O) groups excluding carboxylic acids is 1. The number of benzene rings is 2. The summed E-state index contributed by atoms with van der Waals surface area (Å²) in [5.41, 5.74) is 3.81. The van der Waals surface area contributed by atoms with Crippen LogP contribution in [0.5, 0.6) is 0 Å². The normalized spacial score (nSPS) is 19.4. The number of likely N-dealkylation sites (tertiary alicyclic amines) is 1. The third kappa shape index (κ3) is 5.49. The zero-order chi connectivity index (χ0) is 25.1. The summed E-state index contributed by atoms with van der Waals surface area (Å²) in [6.45, 7) is 3.75. The molecule has 0 saturated carbocycles. The van der Waals surface area contributed by atoms with Crippen molar-refractivity contribution in [2.45, 2.75) is 31.6 Å². The van der Waals surface area contributed by atoms with Crippen molar-refractivity contribution < 1.29 is 13.6 Å². The Kier molecular flexibility index (Phi) is 7.42. The average molecular weight is 490 g/mol. The molecular weight excluding hydrogens is 456 g/mol. The van der Waals surface area contributed by atoms with Crippen LogP contribution in [0, 0.1) is 23.5 Å². The Morgan fingerprint density at radius 3 is 2.17 bits per heavy atom. The van der Waals surface area contributed by atoms with E-state index in [0.29, 0.717) is 11.8 Å². The standard InChI is InChI=1S/C30H33F2N3O/c1-34-20-21(19-28-27(30(34)36)3-2-15-33-28)12-16-35-17-13-24(14-18-35)29(22-4-8-25(31)9-5-22)23-6-10-26(32)11-7-23/h2-11,15,21,24,29H,12-14,16-20H2,1H3. The molecule has 4 nitrogen and oxygen atoms in total. The zero-order valence-electron chi connectivity index (χ0n) is 20.7. The van der Waals surface area contributed by atoms with Gasteiger partial charge in [-0.05, 0) is 105 Å². The van der Waals surface area contributed by atoms with Gasteiger partial charge >= 0.3 is 0 Å². The Bertz CT molecular complexity index is 1130. The summed E-state index contributed by atoms with van der Waals surface area (Å²) >= 11 is 0. The van der Waals surface area contributed by atoms with E-state index in [4.69, 9.17) is 0 Å². The number of hydrogen-bond acceptors (Lipinski definition) is 3. The summed E-state index contributed by atoms with van der Waals surface area (Å²) in [7, 11) is 1.88. The Balaban J connectivity index is 1.22. The Labute approximate surface area is 212 Å². The molecule has 3 aromatic rings. The number of halogens is 2. The fourth-order valence-corrected chi connectivity index (χ4v) is 5.95. The predicted molar refractivity (Wildman–Crippen MR) is 137 cm³/mol. The molecule has 1 saturated heterocycles. The second kappa shape index (κ2) is 10.9. The van der Waals surface area contributed by atoms with Gasteiger partial charge in [-0.2, -0.15) is 0 Å². The number of carbonyl (C=O) groups is 1. The first-order chi connectivity index (χ1) is 17.5. The largest absolute Gasteiger partial charge is 0.341 e. The Morgan fingerprint density at radius 1 is 0.944 bits per heavy atom. The molecule has 36 heavy (non-hydrogen) atoms. The third-order valence-electron chi connectivity index (χ3n) is 7.90. The number of rotatable bonds is 6. The van der Waals surface area contributed by atoms with Crippen LogP contribution < -0.4 is 0 Å². The maximum Gasteiger partial charge on any atom is 0.255 e. The lowest BCUT2D eigenvalue weighted by atomic mass is 9.76. The van der Waals surface area contributed by atoms with Gasteiger partial charge in [0.1, 0.15) is 11.6 Å². The second-order valence-corrected chi connectivity index (χ2v) is 10.3. The lowest BCUT2D eigenvalue weighted by Crippen LogP contribution is -2.38. The van der Waals surface area contributed by atoms with E-state index in [1.807, 2.05) is 48.3 Å². The minimum absolute atomic E-state index is 0.0639. The van der Waals surface area contributed by atoms with Crippen LogP contribution in [0.3, 0.4) is 0 Å². The summed E-state index contributed by atoms with van der Waals surface area (Å²) in [6, 6.07) is 17.2. The van der Waals surface area contributed by atoms with E-state index in [0.717, 1.165) is 74.2 Å². The molecule has 0 N–H and O–H groups in total. The first-order valence-corrected chi connectivity index (χ1v) is 12.9. The van der Waals surface area contributed by atoms with Gasteiger partial charge in [0.2, 0.25) is 0 Å². The van der Waals surface area contributed by atoms with E-state index < -0.39 is 0 Å². The molecule has 1 amide bonds. The molecule has 1 unspecified atom stereocenters. The van der Waals surface area contributed by atoms with E-state index in [2.05, 4.69) is 9.88 Å². The van der Waals surface area contributed by atoms with Crippen molar-refractivity contribution in [2.24, 2.45) is 11.8 Å². The molecule has 1 atom stereocenters. The number of hydrogen-bond donors (Lipinski definition) is 0. The molecule has 188 valence electrons. The predicted octanol–water partition coefficient (Wildman–Crippen LogP) is 5.54. The number of aromatic nitrogens is 1. The molecule has 0 bridgehead atoms. The molecule has 5 rings (SSSR count). The van der Waals surface area contributed by atoms with Gasteiger partial charge in [-0.15, -0.1) is 0 Å². The summed E-state index contributed by atoms with van der Waals surface area (Å²) in [4.78, 5) is 21.5. The van der Waals surface area contributed by atoms with Crippen molar-refractivity contribution in [3.8, 4) is 0 Å². The van der Waals surface area contributed by atoms with Gasteiger partial charge in [0.05, 0.1) is 11.3 Å². The van der Waals surface area contributed by atoms with Crippen LogP contribution >= 0.6 is 0 Å². The van der Waals surface area contributed by atoms with Gasteiger partial charge < -0.3 is 9.80 Å². The molecule has 1 aromatic heterocycles. The molecule has 0 radical (unpaired) electrons.